The van der Waals surface area contributed by atoms with Gasteiger partial charge in [0.15, 0.2) is 0 Å². The van der Waals surface area contributed by atoms with Crippen molar-refractivity contribution in [2.24, 2.45) is 0 Å². The molecule has 0 amide bonds. The van der Waals surface area contributed by atoms with Crippen molar-refractivity contribution in [3.05, 3.63) is 78.4 Å². The molecule has 5 aromatic rings. The van der Waals surface area contributed by atoms with Gasteiger partial charge in [-0.15, -0.1) is 0 Å². The molecule has 0 unspecified atom stereocenters. The third-order valence-corrected chi connectivity index (χ3v) is 4.89. The largest absolute Gasteiger partial charge is 0.507 e. The predicted molar refractivity (Wildman–Crippen MR) is 107 cm³/mol. The van der Waals surface area contributed by atoms with E-state index in [0.29, 0.717) is 0 Å². The summed E-state index contributed by atoms with van der Waals surface area (Å²) in [5.74, 6) is 0.286. The van der Waals surface area contributed by atoms with Crippen LogP contribution in [0.2, 0.25) is 0 Å². The minimum atomic E-state index is 0.286. The highest BCUT2D eigenvalue weighted by molar-refractivity contribution is 5.92. The van der Waals surface area contributed by atoms with Crippen LogP contribution in [0.3, 0.4) is 0 Å². The minimum absolute atomic E-state index is 0.286. The molecule has 0 spiro atoms. The standard InChI is InChI=1S/C23H18N2O/c1-14-10-17(21-12-15-6-2-4-8-19(15)24-21)23(26)18(11-14)22-13-16-7-3-5-9-20(16)25-22/h2-13,24-26H,1H3. The number of aromatic nitrogens is 2. The lowest BCUT2D eigenvalue weighted by Gasteiger charge is -2.10. The van der Waals surface area contributed by atoms with Crippen LogP contribution >= 0.6 is 0 Å². The lowest BCUT2D eigenvalue weighted by Crippen LogP contribution is -1.87. The van der Waals surface area contributed by atoms with Crippen LogP contribution in [0.5, 0.6) is 5.75 Å². The number of rotatable bonds is 2. The molecule has 0 saturated carbocycles. The van der Waals surface area contributed by atoms with E-state index in [9.17, 15) is 5.11 Å². The molecule has 0 radical (unpaired) electrons. The SMILES string of the molecule is Cc1cc(-c2cc3ccccc3[nH]2)c(O)c(-c2cc3ccccc3[nH]2)c1. The van der Waals surface area contributed by atoms with Crippen molar-refractivity contribution >= 4 is 21.8 Å². The minimum Gasteiger partial charge on any atom is -0.507 e. The monoisotopic (exact) mass is 338 g/mol. The number of aromatic amines is 2. The molecule has 3 heteroatoms. The zero-order chi connectivity index (χ0) is 17.7. The Morgan fingerprint density at radius 1 is 0.654 bits per heavy atom. The number of hydrogen-bond acceptors (Lipinski definition) is 1. The molecule has 3 N–H and O–H groups in total. The van der Waals surface area contributed by atoms with Gasteiger partial charge in [0, 0.05) is 32.9 Å². The number of phenolic OH excluding ortho intramolecular Hbond substituents is 1. The molecule has 5 rings (SSSR count). The molecule has 0 aliphatic carbocycles. The molecule has 0 aliphatic rings. The van der Waals surface area contributed by atoms with Crippen molar-refractivity contribution in [1.82, 2.24) is 9.97 Å². The van der Waals surface area contributed by atoms with E-state index in [4.69, 9.17) is 0 Å². The van der Waals surface area contributed by atoms with Gasteiger partial charge in [0.1, 0.15) is 5.75 Å². The summed E-state index contributed by atoms with van der Waals surface area (Å²) >= 11 is 0. The first-order valence-electron chi connectivity index (χ1n) is 8.69. The molecule has 3 nitrogen and oxygen atoms in total. The van der Waals surface area contributed by atoms with Crippen molar-refractivity contribution in [3.8, 4) is 28.3 Å². The zero-order valence-corrected chi connectivity index (χ0v) is 14.4. The fraction of sp³-hybridized carbons (Fsp3) is 0.0435. The second-order valence-electron chi connectivity index (χ2n) is 6.75. The highest BCUT2D eigenvalue weighted by Crippen LogP contribution is 2.40. The predicted octanol–water partition coefficient (Wildman–Crippen LogP) is 6.00. The molecule has 0 aliphatic heterocycles. The Morgan fingerprint density at radius 3 is 1.58 bits per heavy atom. The Bertz CT molecular complexity index is 1100. The Morgan fingerprint density at radius 2 is 1.12 bits per heavy atom. The number of nitrogens with one attached hydrogen (secondary N) is 2. The van der Waals surface area contributed by atoms with E-state index in [2.05, 4.69) is 41.2 Å². The molecule has 2 heterocycles. The molecule has 0 fully saturated rings. The Kier molecular flexibility index (Phi) is 3.16. The van der Waals surface area contributed by atoms with E-state index in [-0.39, 0.29) is 5.75 Å². The maximum Gasteiger partial charge on any atom is 0.134 e. The van der Waals surface area contributed by atoms with Crippen LogP contribution < -0.4 is 0 Å². The fourth-order valence-corrected chi connectivity index (χ4v) is 3.63. The van der Waals surface area contributed by atoms with E-state index in [0.717, 1.165) is 49.9 Å². The highest BCUT2D eigenvalue weighted by atomic mass is 16.3. The number of hydrogen-bond donors (Lipinski definition) is 3. The van der Waals surface area contributed by atoms with E-state index >= 15 is 0 Å². The molecule has 3 aromatic carbocycles. The Labute approximate surface area is 150 Å². The van der Waals surface area contributed by atoms with Gasteiger partial charge in [0.25, 0.3) is 0 Å². The summed E-state index contributed by atoms with van der Waals surface area (Å²) in [6.07, 6.45) is 0. The number of aryl methyl sites for hydroxylation is 1. The average molecular weight is 338 g/mol. The van der Waals surface area contributed by atoms with Crippen LogP contribution in [0, 0.1) is 6.92 Å². The van der Waals surface area contributed by atoms with Crippen LogP contribution in [0.1, 0.15) is 5.56 Å². The van der Waals surface area contributed by atoms with Gasteiger partial charge in [-0.25, -0.2) is 0 Å². The van der Waals surface area contributed by atoms with Crippen LogP contribution in [-0.2, 0) is 0 Å². The summed E-state index contributed by atoms with van der Waals surface area (Å²) in [6.45, 7) is 2.05. The smallest absolute Gasteiger partial charge is 0.134 e. The lowest BCUT2D eigenvalue weighted by molar-refractivity contribution is 0.479. The van der Waals surface area contributed by atoms with Crippen LogP contribution in [-0.4, -0.2) is 15.1 Å². The van der Waals surface area contributed by atoms with Crippen molar-refractivity contribution in [1.29, 1.82) is 0 Å². The molecule has 26 heavy (non-hydrogen) atoms. The van der Waals surface area contributed by atoms with Gasteiger partial charge in [-0.2, -0.15) is 0 Å². The van der Waals surface area contributed by atoms with Crippen LogP contribution in [0.4, 0.5) is 0 Å². The third-order valence-electron chi connectivity index (χ3n) is 4.89. The lowest BCUT2D eigenvalue weighted by atomic mass is 10.00. The molecule has 0 atom stereocenters. The van der Waals surface area contributed by atoms with Crippen LogP contribution in [0.25, 0.3) is 44.3 Å². The Hall–Kier alpha value is -3.46. The van der Waals surface area contributed by atoms with Gasteiger partial charge in [-0.1, -0.05) is 36.4 Å². The molecule has 0 saturated heterocycles. The Balaban J connectivity index is 1.72. The summed E-state index contributed by atoms with van der Waals surface area (Å²) < 4.78 is 0. The first-order valence-corrected chi connectivity index (χ1v) is 8.69. The number of aromatic hydroxyl groups is 1. The maximum atomic E-state index is 11.0. The number of phenols is 1. The highest BCUT2D eigenvalue weighted by Gasteiger charge is 2.15. The second kappa shape index (κ2) is 5.53. The number of benzene rings is 3. The summed E-state index contributed by atoms with van der Waals surface area (Å²) in [7, 11) is 0. The summed E-state index contributed by atoms with van der Waals surface area (Å²) in [5.41, 5.74) is 6.70. The number of para-hydroxylation sites is 2. The quantitative estimate of drug-likeness (QED) is 0.363. The van der Waals surface area contributed by atoms with Gasteiger partial charge in [-0.05, 0) is 48.9 Å². The summed E-state index contributed by atoms with van der Waals surface area (Å²) in [4.78, 5) is 6.83. The molecule has 2 aromatic heterocycles. The van der Waals surface area contributed by atoms with Crippen LogP contribution in [0.15, 0.2) is 72.8 Å². The normalized spacial score (nSPS) is 11.4. The van der Waals surface area contributed by atoms with Gasteiger partial charge >= 0.3 is 0 Å². The summed E-state index contributed by atoms with van der Waals surface area (Å²) in [6, 6.07) is 24.5. The zero-order valence-electron chi connectivity index (χ0n) is 14.4. The van der Waals surface area contributed by atoms with Gasteiger partial charge in [0.05, 0.1) is 11.4 Å². The maximum absolute atomic E-state index is 11.0. The van der Waals surface area contributed by atoms with E-state index in [1.165, 1.54) is 0 Å². The molecular weight excluding hydrogens is 320 g/mol. The fourth-order valence-electron chi connectivity index (χ4n) is 3.63. The number of H-pyrrole nitrogens is 2. The van der Waals surface area contributed by atoms with E-state index in [1.807, 2.05) is 48.5 Å². The van der Waals surface area contributed by atoms with E-state index < -0.39 is 0 Å². The van der Waals surface area contributed by atoms with Crippen molar-refractivity contribution in [2.75, 3.05) is 0 Å². The van der Waals surface area contributed by atoms with Gasteiger partial charge in [-0.3, -0.25) is 0 Å². The second-order valence-corrected chi connectivity index (χ2v) is 6.75. The third kappa shape index (κ3) is 2.29. The molecular formula is C23H18N2O. The van der Waals surface area contributed by atoms with Gasteiger partial charge in [0.2, 0.25) is 0 Å². The number of fused-ring (bicyclic) bond motifs is 2. The van der Waals surface area contributed by atoms with E-state index in [1.54, 1.807) is 0 Å². The summed E-state index contributed by atoms with van der Waals surface area (Å²) in [5, 5.41) is 13.3. The first kappa shape index (κ1) is 14.8. The van der Waals surface area contributed by atoms with Gasteiger partial charge < -0.3 is 15.1 Å². The topological polar surface area (TPSA) is 51.8 Å². The molecule has 126 valence electrons. The average Bonchev–Trinajstić information content (AvgIpc) is 3.26. The van der Waals surface area contributed by atoms with Crippen molar-refractivity contribution in [2.45, 2.75) is 6.92 Å². The molecule has 0 bridgehead atoms. The van der Waals surface area contributed by atoms with Crippen molar-refractivity contribution < 1.29 is 5.11 Å². The first-order chi connectivity index (χ1) is 12.7. The van der Waals surface area contributed by atoms with Crippen molar-refractivity contribution in [3.63, 3.8) is 0 Å².